The molecule has 0 radical (unpaired) electrons. The van der Waals surface area contributed by atoms with Gasteiger partial charge in [-0.2, -0.15) is 0 Å². The molecule has 0 aromatic heterocycles. The van der Waals surface area contributed by atoms with E-state index >= 15 is 0 Å². The Balaban J connectivity index is 1.70. The van der Waals surface area contributed by atoms with Crippen molar-refractivity contribution in [3.8, 4) is 0 Å². The third-order valence-corrected chi connectivity index (χ3v) is 3.56. The van der Waals surface area contributed by atoms with Crippen molar-refractivity contribution in [2.45, 2.75) is 26.0 Å². The number of halogens is 1. The Morgan fingerprint density at radius 2 is 1.91 bits per heavy atom. The minimum atomic E-state index is -0.601. The van der Waals surface area contributed by atoms with Crippen LogP contribution in [0.15, 0.2) is 48.5 Å². The highest BCUT2D eigenvalue weighted by molar-refractivity contribution is 5.73. The van der Waals surface area contributed by atoms with Crippen LogP contribution in [0.2, 0.25) is 0 Å². The number of nitrogens with one attached hydrogen (secondary N) is 2. The minimum Gasteiger partial charge on any atom is -0.388 e. The predicted octanol–water partition coefficient (Wildman–Crippen LogP) is 3.06. The van der Waals surface area contributed by atoms with Gasteiger partial charge < -0.3 is 15.7 Å². The summed E-state index contributed by atoms with van der Waals surface area (Å²) in [6, 6.07) is 13.7. The zero-order valence-electron chi connectivity index (χ0n) is 13.1. The number of aryl methyl sites for hydroxylation is 1. The fourth-order valence-electron chi connectivity index (χ4n) is 2.23. The van der Waals surface area contributed by atoms with E-state index in [9.17, 15) is 14.3 Å². The van der Waals surface area contributed by atoms with Crippen LogP contribution in [0.4, 0.5) is 9.18 Å². The summed E-state index contributed by atoms with van der Waals surface area (Å²) in [7, 11) is 0. The molecule has 0 fully saturated rings. The maximum absolute atomic E-state index is 13.2. The highest BCUT2D eigenvalue weighted by atomic mass is 19.1. The van der Waals surface area contributed by atoms with E-state index < -0.39 is 6.10 Å². The van der Waals surface area contributed by atoms with Crippen LogP contribution >= 0.6 is 0 Å². The summed E-state index contributed by atoms with van der Waals surface area (Å²) < 4.78 is 13.2. The molecule has 1 atom stereocenters. The van der Waals surface area contributed by atoms with Crippen LogP contribution in [0.5, 0.6) is 0 Å². The Bertz CT molecular complexity index is 647. The van der Waals surface area contributed by atoms with Gasteiger partial charge in [0.15, 0.2) is 0 Å². The molecule has 0 saturated carbocycles. The van der Waals surface area contributed by atoms with Crippen molar-refractivity contribution in [1.29, 1.82) is 0 Å². The molecule has 0 bridgehead atoms. The van der Waals surface area contributed by atoms with Crippen molar-refractivity contribution < 1.29 is 14.3 Å². The summed E-state index contributed by atoms with van der Waals surface area (Å²) in [4.78, 5) is 11.7. The molecule has 0 spiro atoms. The van der Waals surface area contributed by atoms with E-state index in [1.807, 2.05) is 30.3 Å². The lowest BCUT2D eigenvalue weighted by Gasteiger charge is -2.12. The molecule has 2 aromatic carbocycles. The fraction of sp³-hybridized carbons (Fsp3) is 0.278. The average Bonchev–Trinajstić information content (AvgIpc) is 2.56. The monoisotopic (exact) mass is 316 g/mol. The first kappa shape index (κ1) is 17.0. The van der Waals surface area contributed by atoms with E-state index in [1.54, 1.807) is 19.1 Å². The van der Waals surface area contributed by atoms with E-state index in [2.05, 4.69) is 10.6 Å². The maximum atomic E-state index is 13.2. The lowest BCUT2D eigenvalue weighted by atomic mass is 10.1. The third kappa shape index (κ3) is 5.38. The lowest BCUT2D eigenvalue weighted by molar-refractivity contribution is 0.167. The van der Waals surface area contributed by atoms with Crippen LogP contribution in [-0.4, -0.2) is 17.7 Å². The van der Waals surface area contributed by atoms with Crippen molar-refractivity contribution in [3.05, 3.63) is 71.0 Å². The molecule has 0 aliphatic carbocycles. The molecule has 0 aliphatic heterocycles. The second-order valence-corrected chi connectivity index (χ2v) is 5.41. The average molecular weight is 316 g/mol. The van der Waals surface area contributed by atoms with Gasteiger partial charge in [0.2, 0.25) is 0 Å². The van der Waals surface area contributed by atoms with Gasteiger partial charge in [0, 0.05) is 13.1 Å². The summed E-state index contributed by atoms with van der Waals surface area (Å²) in [6.07, 6.45) is -0.163. The molecule has 122 valence electrons. The fourth-order valence-corrected chi connectivity index (χ4v) is 2.23. The van der Waals surface area contributed by atoms with Crippen molar-refractivity contribution in [1.82, 2.24) is 10.6 Å². The second kappa shape index (κ2) is 8.29. The van der Waals surface area contributed by atoms with E-state index in [-0.39, 0.29) is 11.8 Å². The number of carbonyl (C=O) groups is 1. The normalized spacial score (nSPS) is 11.8. The summed E-state index contributed by atoms with van der Waals surface area (Å²) in [6.45, 7) is 2.38. The highest BCUT2D eigenvalue weighted by Crippen LogP contribution is 2.14. The smallest absolute Gasteiger partial charge is 0.315 e. The van der Waals surface area contributed by atoms with Gasteiger partial charge in [-0.15, -0.1) is 0 Å². The molecule has 1 unspecified atom stereocenters. The van der Waals surface area contributed by atoms with Crippen LogP contribution in [0.1, 0.15) is 29.2 Å². The number of urea groups is 1. The number of hydrogen-bond donors (Lipinski definition) is 3. The molecule has 0 saturated heterocycles. The van der Waals surface area contributed by atoms with Gasteiger partial charge in [-0.05, 0) is 36.1 Å². The molecule has 0 aliphatic rings. The topological polar surface area (TPSA) is 61.4 Å². The summed E-state index contributed by atoms with van der Waals surface area (Å²) in [5.41, 5.74) is 2.22. The Labute approximate surface area is 135 Å². The molecule has 23 heavy (non-hydrogen) atoms. The van der Waals surface area contributed by atoms with Gasteiger partial charge in [0.05, 0.1) is 6.10 Å². The molecular formula is C18H21FN2O2. The number of benzene rings is 2. The third-order valence-electron chi connectivity index (χ3n) is 3.56. The van der Waals surface area contributed by atoms with Crippen molar-refractivity contribution in [2.24, 2.45) is 0 Å². The zero-order valence-corrected chi connectivity index (χ0v) is 13.1. The van der Waals surface area contributed by atoms with Crippen LogP contribution in [0, 0.1) is 12.7 Å². The van der Waals surface area contributed by atoms with E-state index in [4.69, 9.17) is 0 Å². The second-order valence-electron chi connectivity index (χ2n) is 5.41. The van der Waals surface area contributed by atoms with Crippen molar-refractivity contribution in [3.63, 3.8) is 0 Å². The number of carbonyl (C=O) groups excluding carboxylic acids is 1. The Morgan fingerprint density at radius 3 is 2.61 bits per heavy atom. The molecule has 4 nitrogen and oxygen atoms in total. The van der Waals surface area contributed by atoms with Crippen LogP contribution < -0.4 is 10.6 Å². The van der Waals surface area contributed by atoms with Crippen LogP contribution in [0.3, 0.4) is 0 Å². The van der Waals surface area contributed by atoms with E-state index in [0.717, 1.165) is 11.1 Å². The van der Waals surface area contributed by atoms with Gasteiger partial charge in [0.25, 0.3) is 0 Å². The van der Waals surface area contributed by atoms with Crippen molar-refractivity contribution in [2.75, 3.05) is 6.54 Å². The number of amides is 2. The van der Waals surface area contributed by atoms with Gasteiger partial charge >= 0.3 is 6.03 Å². The quantitative estimate of drug-likeness (QED) is 0.767. The lowest BCUT2D eigenvalue weighted by Crippen LogP contribution is -2.36. The first-order valence-electron chi connectivity index (χ1n) is 7.56. The molecule has 0 heterocycles. The van der Waals surface area contributed by atoms with E-state index in [0.29, 0.717) is 25.1 Å². The predicted molar refractivity (Wildman–Crippen MR) is 87.4 cm³/mol. The van der Waals surface area contributed by atoms with E-state index in [1.165, 1.54) is 6.07 Å². The van der Waals surface area contributed by atoms with Gasteiger partial charge in [-0.3, -0.25) is 0 Å². The molecular weight excluding hydrogens is 295 g/mol. The zero-order chi connectivity index (χ0) is 16.7. The molecule has 5 heteroatoms. The largest absolute Gasteiger partial charge is 0.388 e. The molecule has 2 amide bonds. The number of aliphatic hydroxyl groups is 1. The Kier molecular flexibility index (Phi) is 6.11. The first-order chi connectivity index (χ1) is 11.1. The van der Waals surface area contributed by atoms with Crippen LogP contribution in [0.25, 0.3) is 0 Å². The number of hydrogen-bond acceptors (Lipinski definition) is 2. The highest BCUT2D eigenvalue weighted by Gasteiger charge is 2.07. The Hall–Kier alpha value is -2.40. The molecule has 2 rings (SSSR count). The maximum Gasteiger partial charge on any atom is 0.315 e. The molecule has 2 aromatic rings. The molecule has 3 N–H and O–H groups in total. The van der Waals surface area contributed by atoms with Crippen molar-refractivity contribution >= 4 is 6.03 Å². The van der Waals surface area contributed by atoms with Gasteiger partial charge in [-0.25, -0.2) is 9.18 Å². The number of rotatable bonds is 6. The van der Waals surface area contributed by atoms with Crippen LogP contribution in [-0.2, 0) is 6.54 Å². The first-order valence-corrected chi connectivity index (χ1v) is 7.56. The minimum absolute atomic E-state index is 0.256. The number of aliphatic hydroxyl groups excluding tert-OH is 1. The summed E-state index contributed by atoms with van der Waals surface area (Å²) >= 11 is 0. The SMILES string of the molecule is Cc1cc(CNC(=O)NCCC(O)c2ccccc2)ccc1F. The summed E-state index contributed by atoms with van der Waals surface area (Å²) in [5, 5.41) is 15.4. The van der Waals surface area contributed by atoms with Gasteiger partial charge in [0.1, 0.15) is 5.82 Å². The Morgan fingerprint density at radius 1 is 1.17 bits per heavy atom. The standard InChI is InChI=1S/C18H21FN2O2/c1-13-11-14(7-8-16(13)19)12-21-18(23)20-10-9-17(22)15-5-3-2-4-6-15/h2-8,11,17,22H,9-10,12H2,1H3,(H2,20,21,23). The summed E-state index contributed by atoms with van der Waals surface area (Å²) in [5.74, 6) is -0.256. The van der Waals surface area contributed by atoms with Gasteiger partial charge in [-0.1, -0.05) is 42.5 Å².